The van der Waals surface area contributed by atoms with Crippen molar-refractivity contribution in [3.63, 3.8) is 0 Å². The van der Waals surface area contributed by atoms with Gasteiger partial charge in [-0.15, -0.1) is 6.58 Å². The molecule has 0 aliphatic heterocycles. The normalized spacial score (nSPS) is 10.0. The van der Waals surface area contributed by atoms with Crippen LogP contribution in [0.25, 0.3) is 0 Å². The first-order valence-corrected chi connectivity index (χ1v) is 5.53. The van der Waals surface area contributed by atoms with E-state index in [1.54, 1.807) is 0 Å². The van der Waals surface area contributed by atoms with E-state index in [9.17, 15) is 28.5 Å². The third kappa shape index (κ3) is 3.81. The Kier molecular flexibility index (Phi) is 5.06. The molecule has 1 aromatic rings. The van der Waals surface area contributed by atoms with Crippen LogP contribution in [0.15, 0.2) is 24.8 Å². The van der Waals surface area contributed by atoms with Gasteiger partial charge in [-0.3, -0.25) is 19.7 Å². The summed E-state index contributed by atoms with van der Waals surface area (Å²) in [4.78, 5) is 32.6. The number of rotatable bonds is 6. The van der Waals surface area contributed by atoms with Gasteiger partial charge in [-0.25, -0.2) is 4.39 Å². The lowest BCUT2D eigenvalue weighted by Gasteiger charge is -2.19. The zero-order chi connectivity index (χ0) is 16.2. The Bertz CT molecular complexity index is 618. The summed E-state index contributed by atoms with van der Waals surface area (Å²) in [6.45, 7) is 2.36. The number of benzene rings is 1. The predicted octanol–water partition coefficient (Wildman–Crippen LogP) is 1.59. The highest BCUT2D eigenvalue weighted by molar-refractivity contribution is 5.96. The number of nitro benzene ring substituents is 1. The van der Waals surface area contributed by atoms with E-state index < -0.39 is 46.2 Å². The van der Waals surface area contributed by atoms with Crippen molar-refractivity contribution in [2.24, 2.45) is 0 Å². The third-order valence-corrected chi connectivity index (χ3v) is 2.43. The summed E-state index contributed by atoms with van der Waals surface area (Å²) in [5.41, 5.74) is -1.90. The average Bonchev–Trinajstić information content (AvgIpc) is 2.39. The van der Waals surface area contributed by atoms with Crippen molar-refractivity contribution in [3.8, 4) is 0 Å². The third-order valence-electron chi connectivity index (χ3n) is 2.43. The predicted molar refractivity (Wildman–Crippen MR) is 66.7 cm³/mol. The van der Waals surface area contributed by atoms with E-state index in [2.05, 4.69) is 6.58 Å². The topological polar surface area (TPSA) is 101 Å². The molecule has 1 N–H and O–H groups in total. The van der Waals surface area contributed by atoms with E-state index >= 15 is 0 Å². The number of hydrogen-bond acceptors (Lipinski definition) is 4. The minimum atomic E-state index is -1.39. The fourth-order valence-electron chi connectivity index (χ4n) is 1.55. The van der Waals surface area contributed by atoms with Crippen LogP contribution in [0.3, 0.4) is 0 Å². The number of hydrogen-bond donors (Lipinski definition) is 1. The molecule has 0 aliphatic rings. The van der Waals surface area contributed by atoms with E-state index in [1.807, 2.05) is 0 Å². The Morgan fingerprint density at radius 2 is 2.00 bits per heavy atom. The van der Waals surface area contributed by atoms with E-state index in [0.717, 1.165) is 0 Å². The second kappa shape index (κ2) is 6.55. The van der Waals surface area contributed by atoms with Gasteiger partial charge in [-0.2, -0.15) is 4.39 Å². The Morgan fingerprint density at radius 1 is 1.38 bits per heavy atom. The van der Waals surface area contributed by atoms with Crippen LogP contribution < -0.4 is 0 Å². The number of carbonyl (C=O) groups is 2. The average molecular weight is 300 g/mol. The molecule has 0 unspecified atom stereocenters. The highest BCUT2D eigenvalue weighted by Crippen LogP contribution is 2.22. The number of aliphatic carboxylic acids is 1. The van der Waals surface area contributed by atoms with Gasteiger partial charge in [0, 0.05) is 6.54 Å². The van der Waals surface area contributed by atoms with Gasteiger partial charge in [0.25, 0.3) is 5.91 Å². The number of nitro groups is 1. The molecule has 1 aromatic carbocycles. The van der Waals surface area contributed by atoms with Gasteiger partial charge in [0.15, 0.2) is 0 Å². The first-order chi connectivity index (χ1) is 9.77. The van der Waals surface area contributed by atoms with Crippen LogP contribution >= 0.6 is 0 Å². The summed E-state index contributed by atoms with van der Waals surface area (Å²) in [5.74, 6) is -5.16. The number of amides is 1. The van der Waals surface area contributed by atoms with Crippen LogP contribution in [-0.4, -0.2) is 39.9 Å². The second-order valence-electron chi connectivity index (χ2n) is 3.91. The summed E-state index contributed by atoms with van der Waals surface area (Å²) < 4.78 is 27.1. The molecular formula is C12H10F2N2O5. The van der Waals surface area contributed by atoms with E-state index in [4.69, 9.17) is 5.11 Å². The van der Waals surface area contributed by atoms with Crippen LogP contribution in [0.5, 0.6) is 0 Å². The summed E-state index contributed by atoms with van der Waals surface area (Å²) in [6, 6.07) is 0.642. The molecule has 0 fully saturated rings. The van der Waals surface area contributed by atoms with Crippen LogP contribution in [0, 0.1) is 21.7 Å². The van der Waals surface area contributed by atoms with Gasteiger partial charge in [0.1, 0.15) is 12.4 Å². The van der Waals surface area contributed by atoms with Crippen LogP contribution in [0.4, 0.5) is 14.5 Å². The van der Waals surface area contributed by atoms with Gasteiger partial charge >= 0.3 is 11.7 Å². The molecule has 1 amide bonds. The number of halogens is 2. The molecule has 0 saturated heterocycles. The molecule has 0 atom stereocenters. The lowest BCUT2D eigenvalue weighted by atomic mass is 10.1. The summed E-state index contributed by atoms with van der Waals surface area (Å²) in [7, 11) is 0. The fraction of sp³-hybridized carbons (Fsp3) is 0.167. The van der Waals surface area contributed by atoms with Crippen molar-refractivity contribution in [3.05, 3.63) is 52.1 Å². The molecule has 21 heavy (non-hydrogen) atoms. The molecular weight excluding hydrogens is 290 g/mol. The van der Waals surface area contributed by atoms with Crippen molar-refractivity contribution in [1.29, 1.82) is 0 Å². The summed E-state index contributed by atoms with van der Waals surface area (Å²) in [5, 5.41) is 19.1. The van der Waals surface area contributed by atoms with Crippen LogP contribution in [0.2, 0.25) is 0 Å². The molecule has 0 bridgehead atoms. The molecule has 0 aliphatic carbocycles. The van der Waals surface area contributed by atoms with Crippen molar-refractivity contribution in [2.75, 3.05) is 13.1 Å². The number of carboxylic acid groups (broad SMARTS) is 1. The fourth-order valence-corrected chi connectivity index (χ4v) is 1.55. The molecule has 0 aromatic heterocycles. The van der Waals surface area contributed by atoms with Crippen LogP contribution in [0.1, 0.15) is 10.4 Å². The maximum Gasteiger partial charge on any atom is 0.323 e. The first-order valence-electron chi connectivity index (χ1n) is 5.53. The molecule has 1 rings (SSSR count). The van der Waals surface area contributed by atoms with Crippen molar-refractivity contribution >= 4 is 17.6 Å². The molecule has 9 heteroatoms. The standard InChI is InChI=1S/C12H10F2N2O5/c1-2-3-15(6-11(17)18)12(19)7-4-9(14)10(16(20)21)5-8(7)13/h2,4-5H,1,3,6H2,(H,17,18). The minimum Gasteiger partial charge on any atom is -0.480 e. The zero-order valence-corrected chi connectivity index (χ0v) is 10.6. The SMILES string of the molecule is C=CCN(CC(=O)O)C(=O)c1cc(F)c([N+](=O)[O-])cc1F. The Hall–Kier alpha value is -2.84. The van der Waals surface area contributed by atoms with Gasteiger partial charge in [0.2, 0.25) is 5.82 Å². The summed E-state index contributed by atoms with van der Waals surface area (Å²) in [6.07, 6.45) is 1.21. The molecule has 0 heterocycles. The number of carbonyl (C=O) groups excluding carboxylic acids is 1. The summed E-state index contributed by atoms with van der Waals surface area (Å²) >= 11 is 0. The highest BCUT2D eigenvalue weighted by Gasteiger charge is 2.25. The van der Waals surface area contributed by atoms with Gasteiger partial charge in [-0.05, 0) is 6.07 Å². The van der Waals surface area contributed by atoms with E-state index in [-0.39, 0.29) is 12.6 Å². The second-order valence-corrected chi connectivity index (χ2v) is 3.91. The maximum absolute atomic E-state index is 13.7. The Morgan fingerprint density at radius 3 is 2.48 bits per heavy atom. The number of nitrogens with zero attached hydrogens (tertiary/aromatic N) is 2. The van der Waals surface area contributed by atoms with Gasteiger partial charge < -0.3 is 10.0 Å². The monoisotopic (exact) mass is 300 g/mol. The molecule has 112 valence electrons. The van der Waals surface area contributed by atoms with Crippen molar-refractivity contribution in [2.45, 2.75) is 0 Å². The van der Waals surface area contributed by atoms with Crippen LogP contribution in [-0.2, 0) is 4.79 Å². The van der Waals surface area contributed by atoms with Gasteiger partial charge in [-0.1, -0.05) is 6.08 Å². The smallest absolute Gasteiger partial charge is 0.323 e. The molecule has 0 spiro atoms. The highest BCUT2D eigenvalue weighted by atomic mass is 19.1. The lowest BCUT2D eigenvalue weighted by molar-refractivity contribution is -0.387. The lowest BCUT2D eigenvalue weighted by Crippen LogP contribution is -2.36. The quantitative estimate of drug-likeness (QED) is 0.488. The Balaban J connectivity index is 3.21. The number of carboxylic acids is 1. The van der Waals surface area contributed by atoms with Gasteiger partial charge in [0.05, 0.1) is 16.6 Å². The Labute approximate surface area is 117 Å². The van der Waals surface area contributed by atoms with Crippen molar-refractivity contribution in [1.82, 2.24) is 4.90 Å². The minimum absolute atomic E-state index is 0.205. The molecule has 0 radical (unpaired) electrons. The molecule has 0 saturated carbocycles. The molecule has 7 nitrogen and oxygen atoms in total. The van der Waals surface area contributed by atoms with Crippen molar-refractivity contribution < 1.29 is 28.4 Å². The zero-order valence-electron chi connectivity index (χ0n) is 10.6. The largest absolute Gasteiger partial charge is 0.480 e. The first kappa shape index (κ1) is 16.2. The maximum atomic E-state index is 13.7. The van der Waals surface area contributed by atoms with E-state index in [1.165, 1.54) is 6.08 Å². The van der Waals surface area contributed by atoms with E-state index in [0.29, 0.717) is 11.0 Å².